The van der Waals surface area contributed by atoms with Crippen LogP contribution < -0.4 is 4.74 Å². The fourth-order valence-corrected chi connectivity index (χ4v) is 3.32. The van der Waals surface area contributed by atoms with Gasteiger partial charge in [-0.25, -0.2) is 4.79 Å². The molecule has 3 heterocycles. The molecule has 0 amide bonds. The van der Waals surface area contributed by atoms with E-state index in [1.165, 1.54) is 22.9 Å². The van der Waals surface area contributed by atoms with Crippen LogP contribution in [0.5, 0.6) is 11.5 Å². The van der Waals surface area contributed by atoms with Crippen molar-refractivity contribution in [1.29, 1.82) is 0 Å². The van der Waals surface area contributed by atoms with Crippen LogP contribution in [0.25, 0.3) is 10.9 Å². The summed E-state index contributed by atoms with van der Waals surface area (Å²) < 4.78 is 17.7. The molecule has 2 aromatic rings. The number of aromatic nitrogens is 1. The summed E-state index contributed by atoms with van der Waals surface area (Å²) in [7, 11) is 0. The van der Waals surface area contributed by atoms with Gasteiger partial charge in [0, 0.05) is 6.20 Å². The third-order valence-electron chi connectivity index (χ3n) is 4.65. The predicted molar refractivity (Wildman–Crippen MR) is 83.4 cm³/mol. The van der Waals surface area contributed by atoms with Crippen molar-refractivity contribution in [3.05, 3.63) is 23.9 Å². The van der Waals surface area contributed by atoms with E-state index < -0.39 is 50.0 Å². The zero-order chi connectivity index (χ0) is 18.6. The molecule has 0 bridgehead atoms. The molecule has 1 saturated heterocycles. The summed E-state index contributed by atoms with van der Waals surface area (Å²) in [5.74, 6) is -1.21. The molecule has 4 rings (SSSR count). The maximum Gasteiger partial charge on any atom is 0.341 e. The van der Waals surface area contributed by atoms with Crippen LogP contribution in [0.2, 0.25) is 0 Å². The minimum Gasteiger partial charge on any atom is -0.504 e. The van der Waals surface area contributed by atoms with Crippen LogP contribution >= 0.6 is 0 Å². The van der Waals surface area contributed by atoms with E-state index in [9.17, 15) is 30.3 Å². The van der Waals surface area contributed by atoms with Gasteiger partial charge in [0.05, 0.1) is 23.1 Å². The largest absolute Gasteiger partial charge is 0.504 e. The molecular formula is C16H17NO9. The van der Waals surface area contributed by atoms with Crippen LogP contribution in [-0.4, -0.2) is 73.4 Å². The molecule has 0 unspecified atom stereocenters. The Morgan fingerprint density at radius 3 is 2.58 bits per heavy atom. The SMILES string of the molecule is O=C1O[C@H]2[C@H](Oc3c(O)ccc4c3c1cn4CO)O[C@H](CO)[C@@H](O)[C@@H]2O. The molecular weight excluding hydrogens is 350 g/mol. The van der Waals surface area contributed by atoms with E-state index in [4.69, 9.17) is 14.2 Å². The quantitative estimate of drug-likeness (QED) is 0.406. The lowest BCUT2D eigenvalue weighted by Crippen LogP contribution is -2.61. The van der Waals surface area contributed by atoms with Crippen molar-refractivity contribution >= 4 is 16.9 Å². The van der Waals surface area contributed by atoms with Crippen LogP contribution in [0.15, 0.2) is 18.3 Å². The summed E-state index contributed by atoms with van der Waals surface area (Å²) in [6.45, 7) is -1.02. The summed E-state index contributed by atoms with van der Waals surface area (Å²) >= 11 is 0. The number of aromatic hydroxyl groups is 1. The maximum absolute atomic E-state index is 12.6. The van der Waals surface area contributed by atoms with Gasteiger partial charge in [0.2, 0.25) is 6.29 Å². The first-order valence-corrected chi connectivity index (χ1v) is 7.92. The average molecular weight is 367 g/mol. The van der Waals surface area contributed by atoms with Crippen LogP contribution in [0, 0.1) is 0 Å². The molecule has 26 heavy (non-hydrogen) atoms. The van der Waals surface area contributed by atoms with Gasteiger partial charge in [0.25, 0.3) is 0 Å². The number of ether oxygens (including phenoxy) is 3. The third-order valence-corrected chi connectivity index (χ3v) is 4.65. The summed E-state index contributed by atoms with van der Waals surface area (Å²) in [5, 5.41) is 49.5. The van der Waals surface area contributed by atoms with E-state index >= 15 is 0 Å². The molecule has 5 atom stereocenters. The Bertz CT molecular complexity index is 863. The summed E-state index contributed by atoms with van der Waals surface area (Å²) in [5.41, 5.74) is 0.435. The number of aliphatic hydroxyl groups is 4. The molecule has 10 heteroatoms. The number of carbonyl (C=O) groups excluding carboxylic acids is 1. The first kappa shape index (κ1) is 17.1. The minimum atomic E-state index is -1.57. The number of hydrogen-bond donors (Lipinski definition) is 5. The van der Waals surface area contributed by atoms with Gasteiger partial charge in [-0.05, 0) is 12.1 Å². The number of fused-ring (bicyclic) bond motifs is 1. The molecule has 10 nitrogen and oxygen atoms in total. The fraction of sp³-hybridized carbons (Fsp3) is 0.438. The van der Waals surface area contributed by atoms with Crippen molar-refractivity contribution < 1.29 is 44.5 Å². The lowest BCUT2D eigenvalue weighted by molar-refractivity contribution is -0.277. The van der Waals surface area contributed by atoms with E-state index in [0.29, 0.717) is 5.52 Å². The lowest BCUT2D eigenvalue weighted by atomic mass is 9.98. The predicted octanol–water partition coefficient (Wildman–Crippen LogP) is -1.35. The van der Waals surface area contributed by atoms with Crippen molar-refractivity contribution in [2.45, 2.75) is 37.4 Å². The smallest absolute Gasteiger partial charge is 0.341 e. The second-order valence-corrected chi connectivity index (χ2v) is 6.16. The first-order chi connectivity index (χ1) is 12.5. The highest BCUT2D eigenvalue weighted by Gasteiger charge is 2.49. The first-order valence-electron chi connectivity index (χ1n) is 7.92. The molecule has 140 valence electrons. The molecule has 1 aromatic carbocycles. The monoisotopic (exact) mass is 367 g/mol. The van der Waals surface area contributed by atoms with Gasteiger partial charge in [0.1, 0.15) is 25.0 Å². The Morgan fingerprint density at radius 1 is 1.12 bits per heavy atom. The molecule has 5 N–H and O–H groups in total. The van der Waals surface area contributed by atoms with Gasteiger partial charge in [-0.2, -0.15) is 0 Å². The van der Waals surface area contributed by atoms with Crippen LogP contribution in [0.4, 0.5) is 0 Å². The number of benzene rings is 1. The molecule has 0 radical (unpaired) electrons. The van der Waals surface area contributed by atoms with Crippen molar-refractivity contribution in [3.63, 3.8) is 0 Å². The highest BCUT2D eigenvalue weighted by atomic mass is 16.7. The van der Waals surface area contributed by atoms with Gasteiger partial charge in [-0.3, -0.25) is 0 Å². The van der Waals surface area contributed by atoms with Gasteiger partial charge in [0.15, 0.2) is 17.6 Å². The number of carbonyl (C=O) groups is 1. The summed E-state index contributed by atoms with van der Waals surface area (Å²) in [4.78, 5) is 12.6. The Morgan fingerprint density at radius 2 is 1.88 bits per heavy atom. The van der Waals surface area contributed by atoms with Gasteiger partial charge < -0.3 is 44.3 Å². The lowest BCUT2D eigenvalue weighted by Gasteiger charge is -2.41. The molecule has 1 fully saturated rings. The van der Waals surface area contributed by atoms with E-state index in [1.807, 2.05) is 0 Å². The van der Waals surface area contributed by atoms with Crippen molar-refractivity contribution in [3.8, 4) is 11.5 Å². The number of hydrogen-bond acceptors (Lipinski definition) is 9. The molecule has 2 aliphatic heterocycles. The summed E-state index contributed by atoms with van der Waals surface area (Å²) in [6.07, 6.45) is -5.65. The second kappa shape index (κ2) is 6.11. The zero-order valence-corrected chi connectivity index (χ0v) is 13.3. The fourth-order valence-electron chi connectivity index (χ4n) is 3.32. The third kappa shape index (κ3) is 2.35. The number of phenolic OH excluding ortho intramolecular Hbond substituents is 1. The van der Waals surface area contributed by atoms with Crippen LogP contribution in [0.1, 0.15) is 10.4 Å². The Hall–Kier alpha value is -2.37. The van der Waals surface area contributed by atoms with Crippen molar-refractivity contribution in [2.75, 3.05) is 6.61 Å². The minimum absolute atomic E-state index is 0.0179. The molecule has 0 aliphatic carbocycles. The molecule has 2 aliphatic rings. The van der Waals surface area contributed by atoms with E-state index in [2.05, 4.69) is 0 Å². The normalized spacial score (nSPS) is 30.9. The number of rotatable bonds is 2. The number of phenols is 1. The highest BCUT2D eigenvalue weighted by Crippen LogP contribution is 2.42. The second-order valence-electron chi connectivity index (χ2n) is 6.16. The van der Waals surface area contributed by atoms with Gasteiger partial charge in [-0.1, -0.05) is 0 Å². The van der Waals surface area contributed by atoms with Crippen LogP contribution in [-0.2, 0) is 16.2 Å². The number of aliphatic hydroxyl groups excluding tert-OH is 4. The molecule has 0 saturated carbocycles. The number of esters is 1. The summed E-state index contributed by atoms with van der Waals surface area (Å²) in [6, 6.07) is 2.83. The zero-order valence-electron chi connectivity index (χ0n) is 13.3. The standard InChI is InChI=1S/C16H17NO9/c18-4-9-11(21)12(22)14-16(24-9)26-13-8(20)2-1-7-10(13)6(15(23)25-14)3-17(7)5-19/h1-3,9,11-12,14,16,18-22H,4-5H2/t9-,11-,12+,14-,16+/m1/s1. The maximum atomic E-state index is 12.6. The van der Waals surface area contributed by atoms with Gasteiger partial charge >= 0.3 is 5.97 Å². The average Bonchev–Trinajstić information content (AvgIpc) is 3.00. The van der Waals surface area contributed by atoms with Crippen LogP contribution in [0.3, 0.4) is 0 Å². The van der Waals surface area contributed by atoms with Crippen molar-refractivity contribution in [1.82, 2.24) is 4.57 Å². The highest BCUT2D eigenvalue weighted by molar-refractivity contribution is 6.08. The molecule has 0 spiro atoms. The topological polar surface area (TPSA) is 151 Å². The Balaban J connectivity index is 1.88. The van der Waals surface area contributed by atoms with Crippen molar-refractivity contribution in [2.24, 2.45) is 0 Å². The van der Waals surface area contributed by atoms with E-state index in [1.54, 1.807) is 0 Å². The Kier molecular flexibility index (Phi) is 4.01. The number of nitrogens with zero attached hydrogens (tertiary/aromatic N) is 1. The van der Waals surface area contributed by atoms with Gasteiger partial charge in [-0.15, -0.1) is 0 Å². The van der Waals surface area contributed by atoms with E-state index in [-0.39, 0.29) is 22.4 Å². The Labute approximate surface area is 146 Å². The molecule has 1 aromatic heterocycles. The van der Waals surface area contributed by atoms with E-state index in [0.717, 1.165) is 0 Å².